The van der Waals surface area contributed by atoms with Crippen LogP contribution in [0.1, 0.15) is 41.0 Å². The fraction of sp³-hybridized carbons (Fsp3) is 1.00. The molecule has 0 unspecified atom stereocenters. The predicted molar refractivity (Wildman–Crippen MR) is 55.7 cm³/mol. The molecule has 1 fully saturated rings. The number of likely N-dealkylation sites (tertiary alicyclic amines) is 1. The summed E-state index contributed by atoms with van der Waals surface area (Å²) in [5.41, 5.74) is 0.434. The SMILES string of the molecule is CC1(C)C[C@@H](O)CN(C(C)(C)C)C1. The number of aliphatic hydroxyl groups excluding tert-OH is 1. The standard InChI is InChI=1S/C11H23NO/c1-10(2,3)12-7-9(13)6-11(4,5)8-12/h9,13H,6-8H2,1-5H3/t9-/m1/s1. The Morgan fingerprint density at radius 3 is 2.23 bits per heavy atom. The number of hydrogen-bond donors (Lipinski definition) is 1. The highest BCUT2D eigenvalue weighted by Crippen LogP contribution is 2.32. The Hall–Kier alpha value is -0.0800. The van der Waals surface area contributed by atoms with Crippen molar-refractivity contribution in [1.29, 1.82) is 0 Å². The summed E-state index contributed by atoms with van der Waals surface area (Å²) >= 11 is 0. The van der Waals surface area contributed by atoms with Crippen molar-refractivity contribution in [3.63, 3.8) is 0 Å². The monoisotopic (exact) mass is 185 g/mol. The molecule has 0 saturated carbocycles. The van der Waals surface area contributed by atoms with E-state index in [9.17, 15) is 5.11 Å². The zero-order chi connectivity index (χ0) is 10.3. The van der Waals surface area contributed by atoms with Gasteiger partial charge in [-0.3, -0.25) is 4.90 Å². The van der Waals surface area contributed by atoms with Crippen molar-refractivity contribution >= 4 is 0 Å². The largest absolute Gasteiger partial charge is 0.392 e. The van der Waals surface area contributed by atoms with Gasteiger partial charge in [-0.05, 0) is 32.6 Å². The third kappa shape index (κ3) is 2.96. The van der Waals surface area contributed by atoms with Crippen LogP contribution in [-0.4, -0.2) is 34.7 Å². The second-order valence-corrected chi connectivity index (χ2v) is 6.07. The number of piperidine rings is 1. The molecule has 0 spiro atoms. The van der Waals surface area contributed by atoms with Gasteiger partial charge < -0.3 is 5.11 Å². The van der Waals surface area contributed by atoms with Crippen LogP contribution in [0.2, 0.25) is 0 Å². The first kappa shape index (κ1) is 11.0. The molecule has 0 aromatic heterocycles. The predicted octanol–water partition coefficient (Wildman–Crippen LogP) is 1.88. The summed E-state index contributed by atoms with van der Waals surface area (Å²) in [5.74, 6) is 0. The van der Waals surface area contributed by atoms with Gasteiger partial charge in [-0.25, -0.2) is 0 Å². The lowest BCUT2D eigenvalue weighted by Crippen LogP contribution is -2.54. The summed E-state index contributed by atoms with van der Waals surface area (Å²) in [4.78, 5) is 2.38. The quantitative estimate of drug-likeness (QED) is 0.623. The lowest BCUT2D eigenvalue weighted by Gasteiger charge is -2.47. The molecule has 0 aromatic carbocycles. The zero-order valence-corrected chi connectivity index (χ0v) is 9.59. The second-order valence-electron chi connectivity index (χ2n) is 6.07. The van der Waals surface area contributed by atoms with Gasteiger partial charge in [0.2, 0.25) is 0 Å². The van der Waals surface area contributed by atoms with Gasteiger partial charge in [-0.2, -0.15) is 0 Å². The highest BCUT2D eigenvalue weighted by atomic mass is 16.3. The van der Waals surface area contributed by atoms with E-state index in [4.69, 9.17) is 0 Å². The molecule has 0 amide bonds. The molecular formula is C11H23NO. The van der Waals surface area contributed by atoms with Crippen molar-refractivity contribution < 1.29 is 5.11 Å². The normalized spacial score (nSPS) is 30.5. The van der Waals surface area contributed by atoms with E-state index in [1.165, 1.54) is 0 Å². The van der Waals surface area contributed by atoms with Crippen molar-refractivity contribution in [1.82, 2.24) is 4.90 Å². The van der Waals surface area contributed by atoms with Crippen LogP contribution in [0, 0.1) is 5.41 Å². The van der Waals surface area contributed by atoms with Crippen LogP contribution in [0.4, 0.5) is 0 Å². The molecule has 13 heavy (non-hydrogen) atoms. The number of rotatable bonds is 0. The topological polar surface area (TPSA) is 23.5 Å². The maximum atomic E-state index is 9.74. The maximum Gasteiger partial charge on any atom is 0.0672 e. The van der Waals surface area contributed by atoms with Gasteiger partial charge in [0.25, 0.3) is 0 Å². The lowest BCUT2D eigenvalue weighted by molar-refractivity contribution is -0.0330. The fourth-order valence-electron chi connectivity index (χ4n) is 2.11. The maximum absolute atomic E-state index is 9.74. The first-order chi connectivity index (χ1) is 5.71. The molecule has 0 bridgehead atoms. The number of hydrogen-bond acceptors (Lipinski definition) is 2. The van der Waals surface area contributed by atoms with Crippen LogP contribution in [0.5, 0.6) is 0 Å². The molecule has 2 heteroatoms. The lowest BCUT2D eigenvalue weighted by atomic mass is 9.81. The summed E-state index contributed by atoms with van der Waals surface area (Å²) < 4.78 is 0. The minimum absolute atomic E-state index is 0.150. The molecular weight excluding hydrogens is 162 g/mol. The van der Waals surface area contributed by atoms with E-state index >= 15 is 0 Å². The van der Waals surface area contributed by atoms with E-state index < -0.39 is 0 Å². The first-order valence-corrected chi connectivity index (χ1v) is 5.14. The van der Waals surface area contributed by atoms with E-state index in [1.807, 2.05) is 0 Å². The fourth-order valence-corrected chi connectivity index (χ4v) is 2.11. The highest BCUT2D eigenvalue weighted by molar-refractivity contribution is 4.90. The second kappa shape index (κ2) is 3.25. The van der Waals surface area contributed by atoms with E-state index in [0.29, 0.717) is 0 Å². The van der Waals surface area contributed by atoms with E-state index in [-0.39, 0.29) is 17.1 Å². The average Bonchev–Trinajstić information content (AvgIpc) is 1.79. The average molecular weight is 185 g/mol. The van der Waals surface area contributed by atoms with Crippen LogP contribution in [0.25, 0.3) is 0 Å². The van der Waals surface area contributed by atoms with Crippen LogP contribution < -0.4 is 0 Å². The molecule has 0 aliphatic carbocycles. The third-order valence-corrected chi connectivity index (χ3v) is 2.79. The third-order valence-electron chi connectivity index (χ3n) is 2.79. The minimum atomic E-state index is -0.150. The molecule has 78 valence electrons. The van der Waals surface area contributed by atoms with Crippen molar-refractivity contribution in [3.8, 4) is 0 Å². The molecule has 1 rings (SSSR count). The van der Waals surface area contributed by atoms with Crippen molar-refractivity contribution in [2.75, 3.05) is 13.1 Å². The Bertz CT molecular complexity index is 181. The molecule has 1 saturated heterocycles. The number of β-amino-alcohol motifs (C(OH)–C–C–N with tert-alkyl or cyclic N) is 1. The first-order valence-electron chi connectivity index (χ1n) is 5.14. The van der Waals surface area contributed by atoms with Gasteiger partial charge in [0.15, 0.2) is 0 Å². The minimum Gasteiger partial charge on any atom is -0.392 e. The Kier molecular flexibility index (Phi) is 2.75. The Labute approximate surface area is 81.9 Å². The molecule has 1 atom stereocenters. The van der Waals surface area contributed by atoms with Crippen molar-refractivity contribution in [2.45, 2.75) is 52.7 Å². The summed E-state index contributed by atoms with van der Waals surface area (Å²) in [6, 6.07) is 0. The molecule has 1 aliphatic rings. The van der Waals surface area contributed by atoms with E-state index in [1.54, 1.807) is 0 Å². The Balaban J connectivity index is 2.69. The van der Waals surface area contributed by atoms with Crippen LogP contribution >= 0.6 is 0 Å². The zero-order valence-electron chi connectivity index (χ0n) is 9.59. The smallest absolute Gasteiger partial charge is 0.0672 e. The summed E-state index contributed by atoms with van der Waals surface area (Å²) in [7, 11) is 0. The highest BCUT2D eigenvalue weighted by Gasteiger charge is 2.36. The molecule has 2 nitrogen and oxygen atoms in total. The van der Waals surface area contributed by atoms with Gasteiger partial charge in [0, 0.05) is 18.6 Å². The molecule has 1 aliphatic heterocycles. The van der Waals surface area contributed by atoms with Crippen molar-refractivity contribution in [3.05, 3.63) is 0 Å². The summed E-state index contributed by atoms with van der Waals surface area (Å²) in [5, 5.41) is 9.74. The Morgan fingerprint density at radius 1 is 1.31 bits per heavy atom. The van der Waals surface area contributed by atoms with Crippen LogP contribution in [-0.2, 0) is 0 Å². The van der Waals surface area contributed by atoms with E-state index in [2.05, 4.69) is 39.5 Å². The molecule has 1 heterocycles. The molecule has 0 radical (unpaired) electrons. The van der Waals surface area contributed by atoms with Gasteiger partial charge >= 0.3 is 0 Å². The van der Waals surface area contributed by atoms with Crippen LogP contribution in [0.15, 0.2) is 0 Å². The molecule has 1 N–H and O–H groups in total. The summed E-state index contributed by atoms with van der Waals surface area (Å²) in [6.07, 6.45) is 0.780. The van der Waals surface area contributed by atoms with Crippen molar-refractivity contribution in [2.24, 2.45) is 5.41 Å². The number of aliphatic hydroxyl groups is 1. The summed E-state index contributed by atoms with van der Waals surface area (Å²) in [6.45, 7) is 13.0. The van der Waals surface area contributed by atoms with Gasteiger partial charge in [0.1, 0.15) is 0 Å². The number of nitrogens with zero attached hydrogens (tertiary/aromatic N) is 1. The van der Waals surface area contributed by atoms with Gasteiger partial charge in [-0.1, -0.05) is 13.8 Å². The Morgan fingerprint density at radius 2 is 1.85 bits per heavy atom. The van der Waals surface area contributed by atoms with Gasteiger partial charge in [0.05, 0.1) is 6.10 Å². The van der Waals surface area contributed by atoms with Crippen LogP contribution in [0.3, 0.4) is 0 Å². The van der Waals surface area contributed by atoms with Gasteiger partial charge in [-0.15, -0.1) is 0 Å². The van der Waals surface area contributed by atoms with E-state index in [0.717, 1.165) is 19.5 Å². The molecule has 0 aromatic rings.